The molecule has 3 atom stereocenters. The first-order valence-electron chi connectivity index (χ1n) is 7.42. The zero-order valence-corrected chi connectivity index (χ0v) is 13.7. The fraction of sp³-hybridized carbons (Fsp3) is 0.588. The number of nitrogens with one attached hydrogen (secondary N) is 1. The van der Waals surface area contributed by atoms with Gasteiger partial charge < -0.3 is 5.32 Å². The van der Waals surface area contributed by atoms with Gasteiger partial charge in [-0.1, -0.05) is 64.4 Å². The lowest BCUT2D eigenvalue weighted by Gasteiger charge is -2.27. The predicted octanol–water partition coefficient (Wildman–Crippen LogP) is 4.20. The Kier molecular flexibility index (Phi) is 7.08. The van der Waals surface area contributed by atoms with E-state index in [0.717, 1.165) is 12.0 Å². The molecule has 0 aliphatic heterocycles. The van der Waals surface area contributed by atoms with Crippen LogP contribution < -0.4 is 5.32 Å². The van der Waals surface area contributed by atoms with E-state index in [1.165, 1.54) is 0 Å². The number of alkyl halides is 1. The first-order valence-corrected chi connectivity index (χ1v) is 7.95. The van der Waals surface area contributed by atoms with Crippen LogP contribution in [0.15, 0.2) is 30.3 Å². The molecule has 0 aliphatic carbocycles. The molecular formula is C17H26ClNO. The Labute approximate surface area is 127 Å². The molecule has 0 radical (unpaired) electrons. The predicted molar refractivity (Wildman–Crippen MR) is 86.1 cm³/mol. The average Bonchev–Trinajstić information content (AvgIpc) is 2.45. The molecule has 1 aromatic carbocycles. The lowest BCUT2D eigenvalue weighted by atomic mass is 9.84. The van der Waals surface area contributed by atoms with Crippen molar-refractivity contribution in [1.29, 1.82) is 0 Å². The Balaban J connectivity index is 2.92. The summed E-state index contributed by atoms with van der Waals surface area (Å²) in [6, 6.07) is 10.0. The minimum atomic E-state index is -0.106. The van der Waals surface area contributed by atoms with Crippen LogP contribution >= 0.6 is 11.6 Å². The van der Waals surface area contributed by atoms with Gasteiger partial charge in [-0.15, -0.1) is 11.6 Å². The molecule has 0 aliphatic rings. The van der Waals surface area contributed by atoms with Crippen LogP contribution in [0.2, 0.25) is 0 Å². The Morgan fingerprint density at radius 1 is 1.20 bits per heavy atom. The third-order valence-corrected chi connectivity index (χ3v) is 4.29. The molecule has 0 fully saturated rings. The van der Waals surface area contributed by atoms with Gasteiger partial charge in [-0.25, -0.2) is 0 Å². The Morgan fingerprint density at radius 2 is 1.80 bits per heavy atom. The largest absolute Gasteiger partial charge is 0.351 e. The van der Waals surface area contributed by atoms with Crippen molar-refractivity contribution in [3.8, 4) is 0 Å². The molecule has 1 rings (SSSR count). The topological polar surface area (TPSA) is 29.1 Å². The van der Waals surface area contributed by atoms with Gasteiger partial charge in [0, 0.05) is 11.9 Å². The molecule has 3 heteroatoms. The lowest BCUT2D eigenvalue weighted by Crippen LogP contribution is -2.43. The fourth-order valence-electron chi connectivity index (χ4n) is 2.29. The molecule has 1 aromatic rings. The first-order chi connectivity index (χ1) is 9.51. The summed E-state index contributed by atoms with van der Waals surface area (Å²) in [5, 5.41) is 3.11. The van der Waals surface area contributed by atoms with Gasteiger partial charge in [-0.2, -0.15) is 0 Å². The summed E-state index contributed by atoms with van der Waals surface area (Å²) in [4.78, 5) is 12.6. The minimum Gasteiger partial charge on any atom is -0.351 e. The molecule has 20 heavy (non-hydrogen) atoms. The summed E-state index contributed by atoms with van der Waals surface area (Å²) < 4.78 is 0. The Morgan fingerprint density at radius 3 is 2.25 bits per heavy atom. The van der Waals surface area contributed by atoms with Gasteiger partial charge in [0.25, 0.3) is 0 Å². The van der Waals surface area contributed by atoms with Crippen molar-refractivity contribution in [1.82, 2.24) is 5.32 Å². The number of carbonyl (C=O) groups excluding carboxylic acids is 1. The van der Waals surface area contributed by atoms with Crippen LogP contribution in [0.5, 0.6) is 0 Å². The number of hydrogen-bond acceptors (Lipinski definition) is 1. The van der Waals surface area contributed by atoms with Crippen LogP contribution in [-0.4, -0.2) is 17.8 Å². The summed E-state index contributed by atoms with van der Waals surface area (Å²) in [5.74, 6) is 1.08. The monoisotopic (exact) mass is 295 g/mol. The van der Waals surface area contributed by atoms with Crippen molar-refractivity contribution in [3.63, 3.8) is 0 Å². The lowest BCUT2D eigenvalue weighted by molar-refractivity contribution is -0.124. The third kappa shape index (κ3) is 4.52. The number of rotatable bonds is 7. The number of benzene rings is 1. The van der Waals surface area contributed by atoms with Crippen LogP contribution in [0.4, 0.5) is 0 Å². The van der Waals surface area contributed by atoms with E-state index in [-0.39, 0.29) is 17.9 Å². The van der Waals surface area contributed by atoms with E-state index in [1.807, 2.05) is 30.3 Å². The zero-order chi connectivity index (χ0) is 15.1. The van der Waals surface area contributed by atoms with Crippen LogP contribution in [0, 0.1) is 11.8 Å². The molecule has 2 nitrogen and oxygen atoms in total. The van der Waals surface area contributed by atoms with Gasteiger partial charge in [0.2, 0.25) is 5.91 Å². The molecule has 1 N–H and O–H groups in total. The molecule has 0 aromatic heterocycles. The highest BCUT2D eigenvalue weighted by atomic mass is 35.5. The Hall–Kier alpha value is -1.02. The molecule has 0 spiro atoms. The number of amides is 1. The highest BCUT2D eigenvalue weighted by molar-refractivity contribution is 6.18. The van der Waals surface area contributed by atoms with Crippen molar-refractivity contribution in [2.75, 3.05) is 5.88 Å². The molecule has 0 saturated heterocycles. The highest BCUT2D eigenvalue weighted by Gasteiger charge is 2.27. The van der Waals surface area contributed by atoms with Crippen molar-refractivity contribution in [2.24, 2.45) is 11.8 Å². The van der Waals surface area contributed by atoms with E-state index in [4.69, 9.17) is 11.6 Å². The van der Waals surface area contributed by atoms with E-state index in [1.54, 1.807) is 0 Å². The summed E-state index contributed by atoms with van der Waals surface area (Å²) >= 11 is 5.96. The van der Waals surface area contributed by atoms with Gasteiger partial charge in [0.1, 0.15) is 0 Å². The second kappa shape index (κ2) is 8.31. The summed E-state index contributed by atoms with van der Waals surface area (Å²) in [6.45, 7) is 8.40. The van der Waals surface area contributed by atoms with Gasteiger partial charge in [-0.3, -0.25) is 4.79 Å². The van der Waals surface area contributed by atoms with Crippen LogP contribution in [0.3, 0.4) is 0 Å². The van der Waals surface area contributed by atoms with E-state index >= 15 is 0 Å². The Bertz CT molecular complexity index is 405. The van der Waals surface area contributed by atoms with Crippen molar-refractivity contribution in [2.45, 2.75) is 46.1 Å². The minimum absolute atomic E-state index is 0.0273. The van der Waals surface area contributed by atoms with E-state index in [2.05, 4.69) is 33.0 Å². The number of halogens is 1. The van der Waals surface area contributed by atoms with E-state index in [9.17, 15) is 4.79 Å². The standard InChI is InChI=1S/C17H26ClNO/c1-5-13(4)16(14-9-7-6-8-10-14)17(20)19-15(11-18)12(2)3/h6-10,12-13,15-16H,5,11H2,1-4H3,(H,19,20). The van der Waals surface area contributed by atoms with Crippen molar-refractivity contribution < 1.29 is 4.79 Å². The molecular weight excluding hydrogens is 270 g/mol. The maximum absolute atomic E-state index is 12.6. The second-order valence-electron chi connectivity index (χ2n) is 5.79. The van der Waals surface area contributed by atoms with Gasteiger partial charge in [0.15, 0.2) is 0 Å². The molecule has 3 unspecified atom stereocenters. The van der Waals surface area contributed by atoms with Gasteiger partial charge >= 0.3 is 0 Å². The van der Waals surface area contributed by atoms with Crippen LogP contribution in [-0.2, 0) is 4.79 Å². The summed E-state index contributed by atoms with van der Waals surface area (Å²) in [7, 11) is 0. The number of hydrogen-bond donors (Lipinski definition) is 1. The van der Waals surface area contributed by atoms with Crippen LogP contribution in [0.25, 0.3) is 0 Å². The number of carbonyl (C=O) groups is 1. The van der Waals surface area contributed by atoms with E-state index in [0.29, 0.717) is 17.7 Å². The molecule has 112 valence electrons. The summed E-state index contributed by atoms with van der Waals surface area (Å²) in [5.41, 5.74) is 1.08. The van der Waals surface area contributed by atoms with Gasteiger partial charge in [-0.05, 0) is 17.4 Å². The third-order valence-electron chi connectivity index (χ3n) is 3.95. The SMILES string of the molecule is CCC(C)C(C(=O)NC(CCl)C(C)C)c1ccccc1. The maximum Gasteiger partial charge on any atom is 0.228 e. The molecule has 1 amide bonds. The molecule has 0 saturated carbocycles. The van der Waals surface area contributed by atoms with Gasteiger partial charge in [0.05, 0.1) is 5.92 Å². The highest BCUT2D eigenvalue weighted by Crippen LogP contribution is 2.27. The van der Waals surface area contributed by atoms with Crippen molar-refractivity contribution in [3.05, 3.63) is 35.9 Å². The zero-order valence-electron chi connectivity index (χ0n) is 12.9. The van der Waals surface area contributed by atoms with E-state index < -0.39 is 0 Å². The quantitative estimate of drug-likeness (QED) is 0.751. The maximum atomic E-state index is 12.6. The van der Waals surface area contributed by atoms with Crippen LogP contribution in [0.1, 0.15) is 45.6 Å². The smallest absolute Gasteiger partial charge is 0.228 e. The average molecular weight is 296 g/mol. The fourth-order valence-corrected chi connectivity index (χ4v) is 2.72. The molecule has 0 heterocycles. The van der Waals surface area contributed by atoms with Crippen molar-refractivity contribution >= 4 is 17.5 Å². The first kappa shape index (κ1) is 17.0. The summed E-state index contributed by atoms with van der Waals surface area (Å²) in [6.07, 6.45) is 0.972. The second-order valence-corrected chi connectivity index (χ2v) is 6.10. The normalized spacial score (nSPS) is 15.7. The molecule has 0 bridgehead atoms.